The van der Waals surface area contributed by atoms with E-state index in [2.05, 4.69) is 15.3 Å². The molecule has 0 atom stereocenters. The van der Waals surface area contributed by atoms with Crippen molar-refractivity contribution in [2.45, 2.75) is 20.0 Å². The van der Waals surface area contributed by atoms with Gasteiger partial charge in [0.25, 0.3) is 5.56 Å². The minimum atomic E-state index is -0.311. The molecule has 0 aliphatic carbocycles. The third-order valence-corrected chi connectivity index (χ3v) is 5.67. The predicted molar refractivity (Wildman–Crippen MR) is 115 cm³/mol. The van der Waals surface area contributed by atoms with Crippen molar-refractivity contribution in [2.75, 3.05) is 0 Å². The third-order valence-electron chi connectivity index (χ3n) is 4.45. The lowest BCUT2D eigenvalue weighted by Crippen LogP contribution is -2.32. The van der Waals surface area contributed by atoms with E-state index in [0.717, 1.165) is 21.1 Å². The monoisotopic (exact) mass is 424 g/mol. The van der Waals surface area contributed by atoms with E-state index in [4.69, 9.17) is 11.6 Å². The highest BCUT2D eigenvalue weighted by molar-refractivity contribution is 7.12. The Morgan fingerprint density at radius 3 is 2.72 bits per heavy atom. The van der Waals surface area contributed by atoms with Gasteiger partial charge >= 0.3 is 0 Å². The van der Waals surface area contributed by atoms with Crippen molar-refractivity contribution in [1.82, 2.24) is 19.9 Å². The van der Waals surface area contributed by atoms with Crippen LogP contribution in [0.4, 0.5) is 0 Å². The number of thiazole rings is 1. The van der Waals surface area contributed by atoms with Crippen LogP contribution in [0, 0.1) is 6.92 Å². The molecule has 0 bridgehead atoms. The van der Waals surface area contributed by atoms with E-state index in [9.17, 15) is 9.59 Å². The maximum Gasteiger partial charge on any atom is 0.269 e. The number of carbonyl (C=O) groups is 1. The molecule has 0 spiro atoms. The molecule has 0 aliphatic rings. The number of halogens is 1. The molecule has 8 heteroatoms. The van der Waals surface area contributed by atoms with Crippen LogP contribution < -0.4 is 10.9 Å². The lowest BCUT2D eigenvalue weighted by molar-refractivity contribution is -0.121. The third kappa shape index (κ3) is 4.21. The molecule has 0 saturated heterocycles. The van der Waals surface area contributed by atoms with Crippen LogP contribution in [-0.4, -0.2) is 20.4 Å². The Morgan fingerprint density at radius 2 is 1.93 bits per heavy atom. The Labute approximate surface area is 175 Å². The van der Waals surface area contributed by atoms with E-state index >= 15 is 0 Å². The second-order valence-electron chi connectivity index (χ2n) is 6.47. The molecule has 4 rings (SSSR count). The van der Waals surface area contributed by atoms with Crippen LogP contribution in [0.1, 0.15) is 9.88 Å². The number of fused-ring (bicyclic) bond motifs is 1. The first-order chi connectivity index (χ1) is 14.0. The van der Waals surface area contributed by atoms with Crippen molar-refractivity contribution in [1.29, 1.82) is 0 Å². The Hall–Kier alpha value is -3.03. The highest BCUT2D eigenvalue weighted by Gasteiger charge is 2.12. The van der Waals surface area contributed by atoms with Gasteiger partial charge in [0.1, 0.15) is 11.6 Å². The summed E-state index contributed by atoms with van der Waals surface area (Å²) in [6, 6.07) is 14.7. The number of nitrogens with zero attached hydrogens (tertiary/aromatic N) is 3. The molecule has 1 N–H and O–H groups in total. The van der Waals surface area contributed by atoms with E-state index < -0.39 is 0 Å². The number of rotatable bonds is 5. The van der Waals surface area contributed by atoms with Crippen molar-refractivity contribution < 1.29 is 4.79 Å². The van der Waals surface area contributed by atoms with Gasteiger partial charge in [-0.15, -0.1) is 11.3 Å². The molecule has 0 unspecified atom stereocenters. The molecule has 0 fully saturated rings. The molecule has 2 heterocycles. The number of carbonyl (C=O) groups excluding carboxylic acids is 1. The van der Waals surface area contributed by atoms with Gasteiger partial charge in [0.05, 0.1) is 29.5 Å². The molecule has 2 aromatic carbocycles. The maximum atomic E-state index is 12.5. The number of benzene rings is 2. The summed E-state index contributed by atoms with van der Waals surface area (Å²) in [5.41, 5.74) is 2.85. The summed E-state index contributed by atoms with van der Waals surface area (Å²) in [4.78, 5) is 34.4. The smallest absolute Gasteiger partial charge is 0.269 e. The first kappa shape index (κ1) is 19.3. The fourth-order valence-corrected chi connectivity index (χ4v) is 4.07. The SMILES string of the molecule is Cc1sc(CNC(=O)Cn2c(=O)cnc3ccccc32)nc1-c1ccc(Cl)cc1. The second kappa shape index (κ2) is 8.14. The number of hydrogen-bond donors (Lipinski definition) is 1. The number of aryl methyl sites for hydroxylation is 1. The van der Waals surface area contributed by atoms with Crippen LogP contribution in [0.25, 0.3) is 22.3 Å². The largest absolute Gasteiger partial charge is 0.348 e. The molecule has 146 valence electrons. The van der Waals surface area contributed by atoms with Crippen LogP contribution in [-0.2, 0) is 17.9 Å². The summed E-state index contributed by atoms with van der Waals surface area (Å²) < 4.78 is 1.42. The average Bonchev–Trinajstić information content (AvgIpc) is 3.10. The highest BCUT2D eigenvalue weighted by atomic mass is 35.5. The van der Waals surface area contributed by atoms with Crippen LogP contribution in [0.5, 0.6) is 0 Å². The Bertz CT molecular complexity index is 1250. The van der Waals surface area contributed by atoms with Crippen molar-refractivity contribution in [3.8, 4) is 11.3 Å². The zero-order valence-electron chi connectivity index (χ0n) is 15.6. The number of amides is 1. The minimum absolute atomic E-state index is 0.0731. The lowest BCUT2D eigenvalue weighted by Gasteiger charge is -2.09. The van der Waals surface area contributed by atoms with Gasteiger partial charge in [-0.3, -0.25) is 14.2 Å². The first-order valence-electron chi connectivity index (χ1n) is 8.95. The fourth-order valence-electron chi connectivity index (χ4n) is 3.05. The summed E-state index contributed by atoms with van der Waals surface area (Å²) in [5.74, 6) is -0.260. The van der Waals surface area contributed by atoms with Crippen molar-refractivity contribution >= 4 is 39.9 Å². The predicted octanol–water partition coefficient (Wildman–Crippen LogP) is 3.80. The molecule has 29 heavy (non-hydrogen) atoms. The summed E-state index contributed by atoms with van der Waals surface area (Å²) in [5, 5.41) is 4.32. The van der Waals surface area contributed by atoms with Crippen LogP contribution in [0.3, 0.4) is 0 Å². The molecule has 0 radical (unpaired) electrons. The summed E-state index contributed by atoms with van der Waals surface area (Å²) in [6.07, 6.45) is 1.23. The van der Waals surface area contributed by atoms with Crippen LogP contribution in [0.2, 0.25) is 5.02 Å². The quantitative estimate of drug-likeness (QED) is 0.528. The highest BCUT2D eigenvalue weighted by Crippen LogP contribution is 2.28. The molecular formula is C21H17ClN4O2S. The van der Waals surface area contributed by atoms with E-state index in [1.807, 2.05) is 43.3 Å². The summed E-state index contributed by atoms with van der Waals surface area (Å²) >= 11 is 7.48. The van der Waals surface area contributed by atoms with Crippen molar-refractivity contribution in [3.05, 3.63) is 80.0 Å². The standard InChI is InChI=1S/C21H17ClN4O2S/c1-13-21(14-6-8-15(22)9-7-14)25-19(29-13)10-24-18(27)12-26-17-5-3-2-4-16(17)23-11-20(26)28/h2-9,11H,10,12H2,1H3,(H,24,27). The lowest BCUT2D eigenvalue weighted by atomic mass is 10.1. The van der Waals surface area contributed by atoms with Crippen molar-refractivity contribution in [3.63, 3.8) is 0 Å². The Morgan fingerprint density at radius 1 is 1.17 bits per heavy atom. The van der Waals surface area contributed by atoms with Gasteiger partial charge in [0.2, 0.25) is 5.91 Å². The topological polar surface area (TPSA) is 76.9 Å². The van der Waals surface area contributed by atoms with Gasteiger partial charge < -0.3 is 5.32 Å². The zero-order valence-corrected chi connectivity index (χ0v) is 17.1. The average molecular weight is 425 g/mol. The molecule has 2 aromatic heterocycles. The van der Waals surface area contributed by atoms with Gasteiger partial charge in [-0.05, 0) is 31.2 Å². The molecule has 4 aromatic rings. The van der Waals surface area contributed by atoms with E-state index in [1.54, 1.807) is 12.1 Å². The number of hydrogen-bond acceptors (Lipinski definition) is 5. The zero-order chi connectivity index (χ0) is 20.4. The summed E-state index contributed by atoms with van der Waals surface area (Å²) in [7, 11) is 0. The molecule has 0 saturated carbocycles. The van der Waals surface area contributed by atoms with Gasteiger partial charge in [0, 0.05) is 15.5 Å². The number of nitrogens with one attached hydrogen (secondary N) is 1. The van der Waals surface area contributed by atoms with Crippen LogP contribution in [0.15, 0.2) is 59.5 Å². The van der Waals surface area contributed by atoms with E-state index in [-0.39, 0.29) is 18.0 Å². The van der Waals surface area contributed by atoms with Gasteiger partial charge in [0.15, 0.2) is 0 Å². The van der Waals surface area contributed by atoms with Crippen LogP contribution >= 0.6 is 22.9 Å². The second-order valence-corrected chi connectivity index (χ2v) is 8.19. The van der Waals surface area contributed by atoms with Crippen molar-refractivity contribution in [2.24, 2.45) is 0 Å². The van der Waals surface area contributed by atoms with Gasteiger partial charge in [-0.2, -0.15) is 0 Å². The maximum absolute atomic E-state index is 12.5. The molecule has 6 nitrogen and oxygen atoms in total. The summed E-state index contributed by atoms with van der Waals surface area (Å²) in [6.45, 7) is 2.22. The molecule has 1 amide bonds. The Balaban J connectivity index is 1.47. The normalized spacial score (nSPS) is 11.0. The number of aromatic nitrogens is 3. The fraction of sp³-hybridized carbons (Fsp3) is 0.143. The Kier molecular flexibility index (Phi) is 5.42. The molecule has 0 aliphatic heterocycles. The van der Waals surface area contributed by atoms with E-state index in [0.29, 0.717) is 22.6 Å². The first-order valence-corrected chi connectivity index (χ1v) is 10.1. The van der Waals surface area contributed by atoms with Gasteiger partial charge in [-0.1, -0.05) is 35.9 Å². The van der Waals surface area contributed by atoms with Gasteiger partial charge in [-0.25, -0.2) is 9.97 Å². The molecular weight excluding hydrogens is 408 g/mol. The van der Waals surface area contributed by atoms with E-state index in [1.165, 1.54) is 22.1 Å². The minimum Gasteiger partial charge on any atom is -0.348 e. The number of para-hydroxylation sites is 2.